The zero-order valence-corrected chi connectivity index (χ0v) is 13.7. The van der Waals surface area contributed by atoms with Crippen LogP contribution in [0.1, 0.15) is 13.8 Å². The minimum absolute atomic E-state index is 0.0500. The van der Waals surface area contributed by atoms with Gasteiger partial charge in [0.05, 0.1) is 18.4 Å². The van der Waals surface area contributed by atoms with E-state index >= 15 is 0 Å². The van der Waals surface area contributed by atoms with Crippen LogP contribution in [0.5, 0.6) is 0 Å². The first kappa shape index (κ1) is 16.7. The molecule has 2 fully saturated rings. The first-order valence-electron chi connectivity index (χ1n) is 7.60. The molecule has 22 heavy (non-hydrogen) atoms. The Hall–Kier alpha value is -1.63. The monoisotopic (exact) mass is 311 g/mol. The van der Waals surface area contributed by atoms with Crippen LogP contribution >= 0.6 is 0 Å². The fourth-order valence-electron chi connectivity index (χ4n) is 3.22. The number of piperazine rings is 1. The number of rotatable bonds is 4. The molecule has 0 unspecified atom stereocenters. The molecule has 0 aromatic heterocycles. The highest BCUT2D eigenvalue weighted by molar-refractivity contribution is 5.91. The Kier molecular flexibility index (Phi) is 4.47. The summed E-state index contributed by atoms with van der Waals surface area (Å²) in [7, 11) is 3.45. The molecule has 2 aliphatic rings. The first-order valence-corrected chi connectivity index (χ1v) is 7.60. The quantitative estimate of drug-likeness (QED) is 0.762. The average Bonchev–Trinajstić information content (AvgIpc) is 3.01. The van der Waals surface area contributed by atoms with Crippen LogP contribution in [0.15, 0.2) is 0 Å². The largest absolute Gasteiger partial charge is 0.481 e. The number of amides is 2. The lowest BCUT2D eigenvalue weighted by molar-refractivity contribution is -0.142. The van der Waals surface area contributed by atoms with Gasteiger partial charge in [-0.05, 0) is 5.41 Å². The summed E-state index contributed by atoms with van der Waals surface area (Å²) in [4.78, 5) is 40.7. The molecule has 1 aliphatic carbocycles. The molecule has 1 N–H and O–H groups in total. The maximum absolute atomic E-state index is 12.5. The van der Waals surface area contributed by atoms with Gasteiger partial charge in [0.25, 0.3) is 0 Å². The highest BCUT2D eigenvalue weighted by Crippen LogP contribution is 2.59. The smallest absolute Gasteiger partial charge is 0.307 e. The summed E-state index contributed by atoms with van der Waals surface area (Å²) in [5.74, 6) is -1.89. The van der Waals surface area contributed by atoms with Gasteiger partial charge in [-0.15, -0.1) is 0 Å². The van der Waals surface area contributed by atoms with Crippen molar-refractivity contribution < 1.29 is 19.5 Å². The Labute approximate surface area is 130 Å². The van der Waals surface area contributed by atoms with Gasteiger partial charge in [-0.25, -0.2) is 0 Å². The Morgan fingerprint density at radius 1 is 1.09 bits per heavy atom. The molecule has 7 heteroatoms. The maximum atomic E-state index is 12.5. The van der Waals surface area contributed by atoms with E-state index in [1.54, 1.807) is 23.9 Å². The minimum Gasteiger partial charge on any atom is -0.481 e. The summed E-state index contributed by atoms with van der Waals surface area (Å²) in [6, 6.07) is 0. The normalized spacial score (nSPS) is 27.4. The van der Waals surface area contributed by atoms with Crippen LogP contribution in [0.3, 0.4) is 0 Å². The van der Waals surface area contributed by atoms with Gasteiger partial charge in [0.2, 0.25) is 11.8 Å². The second-order valence-corrected chi connectivity index (χ2v) is 7.00. The molecule has 2 rings (SSSR count). The lowest BCUT2D eigenvalue weighted by atomic mass is 10.1. The van der Waals surface area contributed by atoms with E-state index in [1.807, 2.05) is 18.7 Å². The van der Waals surface area contributed by atoms with Gasteiger partial charge >= 0.3 is 5.97 Å². The predicted molar refractivity (Wildman–Crippen MR) is 80.1 cm³/mol. The molecule has 0 bridgehead atoms. The van der Waals surface area contributed by atoms with Gasteiger partial charge in [0.1, 0.15) is 0 Å². The topological polar surface area (TPSA) is 81.2 Å². The molecule has 1 saturated carbocycles. The Morgan fingerprint density at radius 3 is 2.05 bits per heavy atom. The van der Waals surface area contributed by atoms with Crippen molar-refractivity contribution in [3.8, 4) is 0 Å². The van der Waals surface area contributed by atoms with Crippen LogP contribution in [0, 0.1) is 17.3 Å². The summed E-state index contributed by atoms with van der Waals surface area (Å²) in [6.45, 7) is 6.44. The molecule has 124 valence electrons. The van der Waals surface area contributed by atoms with Crippen LogP contribution < -0.4 is 0 Å². The number of carbonyl (C=O) groups is 3. The number of likely N-dealkylation sites (N-methyl/N-ethyl adjacent to an activating group) is 1. The van der Waals surface area contributed by atoms with Gasteiger partial charge in [-0.2, -0.15) is 0 Å². The number of nitrogens with zero attached hydrogens (tertiary/aromatic N) is 3. The third-order valence-electron chi connectivity index (χ3n) is 4.90. The Balaban J connectivity index is 1.86. The van der Waals surface area contributed by atoms with E-state index < -0.39 is 23.2 Å². The minimum atomic E-state index is -0.890. The molecule has 2 amide bonds. The van der Waals surface area contributed by atoms with Crippen LogP contribution in [0.25, 0.3) is 0 Å². The Bertz CT molecular complexity index is 481. The van der Waals surface area contributed by atoms with Crippen LogP contribution in [-0.2, 0) is 14.4 Å². The van der Waals surface area contributed by atoms with Crippen LogP contribution in [0.4, 0.5) is 0 Å². The van der Waals surface area contributed by atoms with E-state index in [-0.39, 0.29) is 11.8 Å². The highest BCUT2D eigenvalue weighted by Gasteiger charge is 2.66. The fraction of sp³-hybridized carbons (Fsp3) is 0.800. The van der Waals surface area contributed by atoms with E-state index in [2.05, 4.69) is 0 Å². The van der Waals surface area contributed by atoms with Crippen molar-refractivity contribution >= 4 is 17.8 Å². The number of hydrogen-bond acceptors (Lipinski definition) is 4. The molecule has 1 heterocycles. The molecular formula is C15H25N3O4. The molecule has 0 spiro atoms. The zero-order valence-electron chi connectivity index (χ0n) is 13.7. The van der Waals surface area contributed by atoms with Crippen molar-refractivity contribution in [2.45, 2.75) is 13.8 Å². The maximum Gasteiger partial charge on any atom is 0.307 e. The van der Waals surface area contributed by atoms with Crippen LogP contribution in [-0.4, -0.2) is 84.4 Å². The predicted octanol–water partition coefficient (Wildman–Crippen LogP) is -0.424. The zero-order chi connectivity index (χ0) is 16.7. The van der Waals surface area contributed by atoms with E-state index in [1.165, 1.54) is 0 Å². The second kappa shape index (κ2) is 5.87. The highest BCUT2D eigenvalue weighted by atomic mass is 16.4. The van der Waals surface area contributed by atoms with E-state index in [0.29, 0.717) is 32.7 Å². The van der Waals surface area contributed by atoms with Gasteiger partial charge < -0.3 is 14.9 Å². The van der Waals surface area contributed by atoms with Gasteiger partial charge in [-0.1, -0.05) is 13.8 Å². The third kappa shape index (κ3) is 3.09. The van der Waals surface area contributed by atoms with Gasteiger partial charge in [-0.3, -0.25) is 19.3 Å². The summed E-state index contributed by atoms with van der Waals surface area (Å²) in [5, 5.41) is 9.18. The lowest BCUT2D eigenvalue weighted by Crippen LogP contribution is -2.51. The molecule has 0 aromatic rings. The van der Waals surface area contributed by atoms with Crippen molar-refractivity contribution in [2.24, 2.45) is 17.3 Å². The standard InChI is InChI=1S/C15H25N3O4/c1-15(2)11(12(15)14(21)22)13(20)18-7-5-17(6-8-18)9-10(19)16(3)4/h11-12H,5-9H2,1-4H3,(H,21,22)/t11-,12-/m1/s1. The summed E-state index contributed by atoms with van der Waals surface area (Å²) < 4.78 is 0. The van der Waals surface area contributed by atoms with Crippen molar-refractivity contribution in [2.75, 3.05) is 46.8 Å². The van der Waals surface area contributed by atoms with Crippen molar-refractivity contribution in [3.05, 3.63) is 0 Å². The van der Waals surface area contributed by atoms with Crippen LogP contribution in [0.2, 0.25) is 0 Å². The molecular weight excluding hydrogens is 286 g/mol. The molecule has 1 aliphatic heterocycles. The van der Waals surface area contributed by atoms with E-state index in [4.69, 9.17) is 0 Å². The summed E-state index contributed by atoms with van der Waals surface area (Å²) in [6.07, 6.45) is 0. The number of carboxylic acids is 1. The molecule has 7 nitrogen and oxygen atoms in total. The summed E-state index contributed by atoms with van der Waals surface area (Å²) >= 11 is 0. The molecule has 0 radical (unpaired) electrons. The molecule has 0 aromatic carbocycles. The average molecular weight is 311 g/mol. The first-order chi connectivity index (χ1) is 10.2. The molecule has 2 atom stereocenters. The number of carboxylic acid groups (broad SMARTS) is 1. The number of carbonyl (C=O) groups excluding carboxylic acids is 2. The summed E-state index contributed by atoms with van der Waals surface area (Å²) in [5.41, 5.74) is -0.457. The fourth-order valence-corrected chi connectivity index (χ4v) is 3.22. The number of aliphatic carboxylic acids is 1. The van der Waals surface area contributed by atoms with Gasteiger partial charge in [0.15, 0.2) is 0 Å². The SMILES string of the molecule is CN(C)C(=O)CN1CCN(C(=O)[C@H]2[C@H](C(=O)O)C2(C)C)CC1. The third-order valence-corrected chi connectivity index (χ3v) is 4.90. The molecule has 1 saturated heterocycles. The van der Waals surface area contributed by atoms with Crippen molar-refractivity contribution in [3.63, 3.8) is 0 Å². The number of hydrogen-bond donors (Lipinski definition) is 1. The lowest BCUT2D eigenvalue weighted by Gasteiger charge is -2.35. The van der Waals surface area contributed by atoms with Crippen molar-refractivity contribution in [1.29, 1.82) is 0 Å². The van der Waals surface area contributed by atoms with Gasteiger partial charge in [0, 0.05) is 40.3 Å². The Morgan fingerprint density at radius 2 is 1.64 bits per heavy atom. The van der Waals surface area contributed by atoms with Crippen molar-refractivity contribution in [1.82, 2.24) is 14.7 Å². The van der Waals surface area contributed by atoms with E-state index in [0.717, 1.165) is 0 Å². The van der Waals surface area contributed by atoms with E-state index in [9.17, 15) is 19.5 Å². The second-order valence-electron chi connectivity index (χ2n) is 7.00.